The predicted molar refractivity (Wildman–Crippen MR) is 109 cm³/mol. The molecule has 1 aromatic heterocycles. The van der Waals surface area contributed by atoms with Gasteiger partial charge in [-0.2, -0.15) is 4.98 Å². The van der Waals surface area contributed by atoms with Crippen molar-refractivity contribution in [2.45, 2.75) is 19.5 Å². The second-order valence-corrected chi connectivity index (χ2v) is 6.96. The Labute approximate surface area is 161 Å². The highest BCUT2D eigenvalue weighted by Crippen LogP contribution is 2.22. The van der Waals surface area contributed by atoms with Gasteiger partial charge in [-0.25, -0.2) is 4.98 Å². The summed E-state index contributed by atoms with van der Waals surface area (Å²) < 4.78 is 1.04. The molecule has 0 amide bonds. The minimum atomic E-state index is -0.126. The fraction of sp³-hybridized carbons (Fsp3) is 0.200. The van der Waals surface area contributed by atoms with Crippen molar-refractivity contribution in [3.05, 3.63) is 70.7 Å². The summed E-state index contributed by atoms with van der Waals surface area (Å²) in [5.74, 6) is 1.22. The first-order valence-electron chi connectivity index (χ1n) is 8.44. The van der Waals surface area contributed by atoms with Gasteiger partial charge in [-0.1, -0.05) is 58.4 Å². The first kappa shape index (κ1) is 18.4. The fourth-order valence-electron chi connectivity index (χ4n) is 2.46. The molecule has 0 bridgehead atoms. The van der Waals surface area contributed by atoms with Gasteiger partial charge in [-0.3, -0.25) is 0 Å². The van der Waals surface area contributed by atoms with E-state index in [1.807, 2.05) is 55.5 Å². The van der Waals surface area contributed by atoms with Crippen LogP contribution in [0.1, 0.15) is 12.5 Å². The lowest BCUT2D eigenvalue weighted by molar-refractivity contribution is 0.281. The molecule has 0 aliphatic carbocycles. The molecule has 0 spiro atoms. The van der Waals surface area contributed by atoms with Gasteiger partial charge in [0, 0.05) is 28.7 Å². The highest BCUT2D eigenvalue weighted by molar-refractivity contribution is 9.10. The number of rotatable bonds is 7. The Bertz CT molecular complexity index is 857. The Morgan fingerprint density at radius 2 is 1.85 bits per heavy atom. The molecule has 0 saturated heterocycles. The number of benzene rings is 2. The van der Waals surface area contributed by atoms with Crippen molar-refractivity contribution >= 4 is 27.7 Å². The molecular formula is C20H21BrN4O. The summed E-state index contributed by atoms with van der Waals surface area (Å²) >= 11 is 3.49. The molecule has 0 fully saturated rings. The van der Waals surface area contributed by atoms with E-state index in [2.05, 4.69) is 48.7 Å². The number of nitrogens with one attached hydrogen (secondary N) is 2. The Kier molecular flexibility index (Phi) is 6.20. The molecule has 3 rings (SSSR count). The molecule has 0 aliphatic heterocycles. The van der Waals surface area contributed by atoms with Crippen molar-refractivity contribution in [1.29, 1.82) is 0 Å². The third kappa shape index (κ3) is 5.03. The number of nitrogens with zero attached hydrogens (tertiary/aromatic N) is 2. The summed E-state index contributed by atoms with van der Waals surface area (Å²) in [5.41, 5.74) is 2.99. The van der Waals surface area contributed by atoms with Gasteiger partial charge in [0.15, 0.2) is 0 Å². The van der Waals surface area contributed by atoms with E-state index in [0.717, 1.165) is 27.1 Å². The van der Waals surface area contributed by atoms with Crippen molar-refractivity contribution < 1.29 is 5.11 Å². The summed E-state index contributed by atoms with van der Waals surface area (Å²) in [5, 5.41) is 15.8. The molecule has 134 valence electrons. The molecule has 0 unspecified atom stereocenters. The smallest absolute Gasteiger partial charge is 0.225 e. The standard InChI is InChI=1S/C20H21BrN4O/c1-14(13-26)23-20-24-18(16-7-3-2-4-8-16)11-19(25-20)22-12-15-6-5-9-17(21)10-15/h2-11,14,26H,12-13H2,1H3,(H2,22,23,24,25)/t14-/m1/s1. The van der Waals surface area contributed by atoms with E-state index >= 15 is 0 Å². The second-order valence-electron chi connectivity index (χ2n) is 6.04. The van der Waals surface area contributed by atoms with Crippen LogP contribution in [0.2, 0.25) is 0 Å². The van der Waals surface area contributed by atoms with Gasteiger partial charge < -0.3 is 15.7 Å². The SMILES string of the molecule is C[C@H](CO)Nc1nc(NCc2cccc(Br)c2)cc(-c2ccccc2)n1. The number of aliphatic hydroxyl groups excluding tert-OH is 1. The van der Waals surface area contributed by atoms with Gasteiger partial charge in [-0.15, -0.1) is 0 Å². The van der Waals surface area contributed by atoms with E-state index in [-0.39, 0.29) is 12.6 Å². The summed E-state index contributed by atoms with van der Waals surface area (Å²) in [7, 11) is 0. The monoisotopic (exact) mass is 412 g/mol. The van der Waals surface area contributed by atoms with Gasteiger partial charge >= 0.3 is 0 Å². The number of hydrogen-bond acceptors (Lipinski definition) is 5. The molecule has 2 aromatic carbocycles. The largest absolute Gasteiger partial charge is 0.394 e. The Balaban J connectivity index is 1.86. The molecule has 6 heteroatoms. The molecule has 26 heavy (non-hydrogen) atoms. The molecule has 0 aliphatic rings. The average molecular weight is 413 g/mol. The van der Waals surface area contributed by atoms with E-state index in [4.69, 9.17) is 0 Å². The Morgan fingerprint density at radius 1 is 1.04 bits per heavy atom. The summed E-state index contributed by atoms with van der Waals surface area (Å²) in [6, 6.07) is 19.9. The van der Waals surface area contributed by atoms with E-state index < -0.39 is 0 Å². The van der Waals surface area contributed by atoms with Gasteiger partial charge in [0.1, 0.15) is 5.82 Å². The quantitative estimate of drug-likeness (QED) is 0.539. The minimum Gasteiger partial charge on any atom is -0.394 e. The van der Waals surface area contributed by atoms with Crippen LogP contribution in [0.4, 0.5) is 11.8 Å². The van der Waals surface area contributed by atoms with Crippen molar-refractivity contribution in [3.8, 4) is 11.3 Å². The molecular weight excluding hydrogens is 392 g/mol. The minimum absolute atomic E-state index is 0.0136. The van der Waals surface area contributed by atoms with Crippen LogP contribution >= 0.6 is 15.9 Å². The van der Waals surface area contributed by atoms with Crippen molar-refractivity contribution in [2.75, 3.05) is 17.2 Å². The fourth-order valence-corrected chi connectivity index (χ4v) is 2.91. The molecule has 0 saturated carbocycles. The van der Waals surface area contributed by atoms with Gasteiger partial charge in [0.2, 0.25) is 5.95 Å². The summed E-state index contributed by atoms with van der Waals surface area (Å²) in [4.78, 5) is 9.11. The van der Waals surface area contributed by atoms with E-state index in [9.17, 15) is 5.11 Å². The van der Waals surface area contributed by atoms with Crippen LogP contribution in [0, 0.1) is 0 Å². The first-order chi connectivity index (χ1) is 12.6. The maximum Gasteiger partial charge on any atom is 0.225 e. The van der Waals surface area contributed by atoms with E-state index in [1.54, 1.807) is 0 Å². The molecule has 5 nitrogen and oxygen atoms in total. The van der Waals surface area contributed by atoms with Crippen LogP contribution in [0.5, 0.6) is 0 Å². The topological polar surface area (TPSA) is 70.1 Å². The van der Waals surface area contributed by atoms with Crippen molar-refractivity contribution in [3.63, 3.8) is 0 Å². The zero-order valence-electron chi connectivity index (χ0n) is 14.5. The number of hydrogen-bond donors (Lipinski definition) is 3. The third-order valence-corrected chi connectivity index (χ3v) is 4.30. The average Bonchev–Trinajstić information content (AvgIpc) is 2.67. The predicted octanol–water partition coefficient (Wildman–Crippen LogP) is 4.31. The van der Waals surface area contributed by atoms with Gasteiger partial charge in [-0.05, 0) is 24.6 Å². The van der Waals surface area contributed by atoms with Crippen LogP contribution in [0.15, 0.2) is 65.1 Å². The molecule has 1 heterocycles. The zero-order chi connectivity index (χ0) is 18.4. The second kappa shape index (κ2) is 8.78. The highest BCUT2D eigenvalue weighted by atomic mass is 79.9. The maximum absolute atomic E-state index is 9.29. The van der Waals surface area contributed by atoms with Gasteiger partial charge in [0.05, 0.1) is 12.3 Å². The molecule has 1 atom stereocenters. The van der Waals surface area contributed by atoms with Gasteiger partial charge in [0.25, 0.3) is 0 Å². The number of anilines is 2. The molecule has 0 radical (unpaired) electrons. The lowest BCUT2D eigenvalue weighted by Gasteiger charge is -2.14. The van der Waals surface area contributed by atoms with Crippen LogP contribution < -0.4 is 10.6 Å². The zero-order valence-corrected chi connectivity index (χ0v) is 16.1. The van der Waals surface area contributed by atoms with Crippen LogP contribution in [0.3, 0.4) is 0 Å². The number of aliphatic hydroxyl groups is 1. The Hall–Kier alpha value is -2.44. The van der Waals surface area contributed by atoms with Crippen LogP contribution in [0.25, 0.3) is 11.3 Å². The lowest BCUT2D eigenvalue weighted by Crippen LogP contribution is -2.21. The first-order valence-corrected chi connectivity index (χ1v) is 9.23. The third-order valence-electron chi connectivity index (χ3n) is 3.81. The summed E-state index contributed by atoms with van der Waals surface area (Å²) in [6.07, 6.45) is 0. The highest BCUT2D eigenvalue weighted by Gasteiger charge is 2.09. The maximum atomic E-state index is 9.29. The molecule has 3 aromatic rings. The van der Waals surface area contributed by atoms with E-state index in [1.165, 1.54) is 0 Å². The normalized spacial score (nSPS) is 11.8. The molecule has 3 N–H and O–H groups in total. The Morgan fingerprint density at radius 3 is 2.58 bits per heavy atom. The summed E-state index contributed by atoms with van der Waals surface area (Å²) in [6.45, 7) is 2.55. The van der Waals surface area contributed by atoms with Crippen LogP contribution in [-0.2, 0) is 6.54 Å². The van der Waals surface area contributed by atoms with E-state index in [0.29, 0.717) is 12.5 Å². The van der Waals surface area contributed by atoms with Crippen molar-refractivity contribution in [1.82, 2.24) is 9.97 Å². The number of aromatic nitrogens is 2. The number of halogens is 1. The lowest BCUT2D eigenvalue weighted by atomic mass is 10.1. The van der Waals surface area contributed by atoms with Crippen molar-refractivity contribution in [2.24, 2.45) is 0 Å². The van der Waals surface area contributed by atoms with Crippen LogP contribution in [-0.4, -0.2) is 27.7 Å².